The molecule has 17 heavy (non-hydrogen) atoms. The molecule has 1 unspecified atom stereocenters. The van der Waals surface area contributed by atoms with Crippen molar-refractivity contribution < 1.29 is 9.53 Å². The number of carbonyl (C=O) groups excluding carboxylic acids is 1. The molecule has 1 atom stereocenters. The molecule has 1 fully saturated rings. The average molecular weight is 274 g/mol. The van der Waals surface area contributed by atoms with Gasteiger partial charge in [-0.15, -0.1) is 6.58 Å². The molecule has 0 saturated carbocycles. The first-order chi connectivity index (χ1) is 8.33. The molecule has 1 aliphatic rings. The molecule has 0 bridgehead atoms. The van der Waals surface area contributed by atoms with E-state index in [0.29, 0.717) is 13.0 Å². The largest absolute Gasteiger partial charge is 0.466 e. The summed E-state index contributed by atoms with van der Waals surface area (Å²) in [5.74, 6) is 1.25. The highest BCUT2D eigenvalue weighted by Crippen LogP contribution is 2.39. The zero-order valence-electron chi connectivity index (χ0n) is 10.4. The molecule has 4 heteroatoms. The molecule has 0 radical (unpaired) electrons. The number of hydrogen-bond donors (Lipinski definition) is 0. The summed E-state index contributed by atoms with van der Waals surface area (Å²) in [7, 11) is 3.99. The Morgan fingerprint density at radius 3 is 3.00 bits per heavy atom. The molecule has 0 aromatic carbocycles. The third kappa shape index (κ3) is 7.77. The van der Waals surface area contributed by atoms with E-state index in [-0.39, 0.29) is 5.97 Å². The van der Waals surface area contributed by atoms with Crippen molar-refractivity contribution in [1.82, 2.24) is 0 Å². The maximum absolute atomic E-state index is 11.3. The van der Waals surface area contributed by atoms with Crippen molar-refractivity contribution in [2.24, 2.45) is 0 Å². The van der Waals surface area contributed by atoms with Crippen LogP contribution in [0.1, 0.15) is 44.9 Å². The van der Waals surface area contributed by atoms with E-state index in [1.54, 1.807) is 0 Å². The fourth-order valence-corrected chi connectivity index (χ4v) is 4.72. The Bertz CT molecular complexity index is 225. The summed E-state index contributed by atoms with van der Waals surface area (Å²) < 4.78 is 5.12. The van der Waals surface area contributed by atoms with Gasteiger partial charge in [0.15, 0.2) is 0 Å². The third-order valence-corrected chi connectivity index (χ3v) is 5.71. The molecular weight excluding hydrogens is 252 g/mol. The first kappa shape index (κ1) is 15.0. The lowest BCUT2D eigenvalue weighted by atomic mass is 10.1. The zero-order valence-corrected chi connectivity index (χ0v) is 12.0. The predicted molar refractivity (Wildman–Crippen MR) is 77.3 cm³/mol. The molecule has 98 valence electrons. The Labute approximate surface area is 112 Å². The topological polar surface area (TPSA) is 26.3 Å². The molecule has 1 aliphatic heterocycles. The van der Waals surface area contributed by atoms with Crippen LogP contribution in [0.3, 0.4) is 0 Å². The van der Waals surface area contributed by atoms with Crippen molar-refractivity contribution in [1.29, 1.82) is 0 Å². The summed E-state index contributed by atoms with van der Waals surface area (Å²) >= 11 is 0. The van der Waals surface area contributed by atoms with E-state index in [0.717, 1.165) is 30.9 Å². The molecule has 0 amide bonds. The zero-order chi connectivity index (χ0) is 12.3. The van der Waals surface area contributed by atoms with Crippen LogP contribution in [0, 0.1) is 0 Å². The van der Waals surface area contributed by atoms with Crippen LogP contribution in [0.15, 0.2) is 12.7 Å². The van der Waals surface area contributed by atoms with Gasteiger partial charge in [0.2, 0.25) is 0 Å². The molecule has 0 aromatic heterocycles. The van der Waals surface area contributed by atoms with Crippen molar-refractivity contribution in [3.63, 3.8) is 0 Å². The Hall–Kier alpha value is -0.0900. The Morgan fingerprint density at radius 1 is 1.41 bits per heavy atom. The Morgan fingerprint density at radius 2 is 2.29 bits per heavy atom. The van der Waals surface area contributed by atoms with Crippen LogP contribution in [0.5, 0.6) is 0 Å². The van der Waals surface area contributed by atoms with Crippen LogP contribution in [-0.4, -0.2) is 23.6 Å². The fraction of sp³-hybridized carbons (Fsp3) is 0.769. The van der Waals surface area contributed by atoms with Gasteiger partial charge in [0, 0.05) is 17.4 Å². The highest BCUT2D eigenvalue weighted by molar-refractivity contribution is 8.77. The fourth-order valence-electron chi connectivity index (χ4n) is 1.69. The number of unbranched alkanes of at least 4 members (excludes halogenated alkanes) is 2. The quantitative estimate of drug-likeness (QED) is 0.272. The van der Waals surface area contributed by atoms with Gasteiger partial charge in [-0.1, -0.05) is 34.1 Å². The van der Waals surface area contributed by atoms with Crippen molar-refractivity contribution >= 4 is 27.6 Å². The first-order valence-corrected chi connectivity index (χ1v) is 8.76. The van der Waals surface area contributed by atoms with Crippen LogP contribution < -0.4 is 0 Å². The van der Waals surface area contributed by atoms with Crippen LogP contribution in [-0.2, 0) is 9.53 Å². The lowest BCUT2D eigenvalue weighted by Gasteiger charge is -2.07. The minimum atomic E-state index is -0.0393. The molecule has 0 aliphatic carbocycles. The second-order valence-corrected chi connectivity index (χ2v) is 7.01. The van der Waals surface area contributed by atoms with Gasteiger partial charge in [0.05, 0.1) is 6.61 Å². The molecular formula is C13H22O2S2. The molecule has 0 spiro atoms. The minimum Gasteiger partial charge on any atom is -0.466 e. The van der Waals surface area contributed by atoms with Crippen molar-refractivity contribution in [3.05, 3.63) is 12.7 Å². The van der Waals surface area contributed by atoms with Gasteiger partial charge in [-0.05, 0) is 32.1 Å². The number of ether oxygens (including phenoxy) is 1. The molecule has 1 heterocycles. The van der Waals surface area contributed by atoms with E-state index < -0.39 is 0 Å². The van der Waals surface area contributed by atoms with Crippen LogP contribution in [0.2, 0.25) is 0 Å². The smallest absolute Gasteiger partial charge is 0.305 e. The standard InChI is InChI=1S/C13H22O2S2/c1-2-3-6-10-15-13(14)8-5-4-7-12-9-11-16-17-12/h2,12H,1,3-11H2. The van der Waals surface area contributed by atoms with Gasteiger partial charge >= 0.3 is 5.97 Å². The van der Waals surface area contributed by atoms with Gasteiger partial charge in [-0.2, -0.15) is 0 Å². The highest BCUT2D eigenvalue weighted by atomic mass is 33.1. The van der Waals surface area contributed by atoms with Gasteiger partial charge in [-0.3, -0.25) is 4.79 Å². The van der Waals surface area contributed by atoms with E-state index in [1.807, 2.05) is 27.7 Å². The van der Waals surface area contributed by atoms with Gasteiger partial charge in [-0.25, -0.2) is 0 Å². The molecule has 2 nitrogen and oxygen atoms in total. The summed E-state index contributed by atoms with van der Waals surface area (Å²) in [5, 5.41) is 0.823. The lowest BCUT2D eigenvalue weighted by molar-refractivity contribution is -0.143. The van der Waals surface area contributed by atoms with Crippen molar-refractivity contribution in [2.45, 2.75) is 50.2 Å². The molecule has 0 aromatic rings. The predicted octanol–water partition coefficient (Wildman–Crippen LogP) is 4.21. The monoisotopic (exact) mass is 274 g/mol. The number of rotatable bonds is 9. The summed E-state index contributed by atoms with van der Waals surface area (Å²) in [6.45, 7) is 4.17. The summed E-state index contributed by atoms with van der Waals surface area (Å²) in [4.78, 5) is 11.3. The van der Waals surface area contributed by atoms with Crippen LogP contribution in [0.4, 0.5) is 0 Å². The molecule has 0 N–H and O–H groups in total. The second kappa shape index (κ2) is 9.89. The molecule has 1 rings (SSSR count). The SMILES string of the molecule is C=CCCCOC(=O)CCCCC1CCSS1. The summed E-state index contributed by atoms with van der Waals surface area (Å²) in [6, 6.07) is 0. The normalized spacial score (nSPS) is 19.2. The minimum absolute atomic E-state index is 0.0393. The Kier molecular flexibility index (Phi) is 8.71. The van der Waals surface area contributed by atoms with Gasteiger partial charge < -0.3 is 4.74 Å². The van der Waals surface area contributed by atoms with Crippen molar-refractivity contribution in [2.75, 3.05) is 12.4 Å². The lowest BCUT2D eigenvalue weighted by Crippen LogP contribution is -2.06. The van der Waals surface area contributed by atoms with E-state index in [1.165, 1.54) is 18.6 Å². The van der Waals surface area contributed by atoms with Crippen LogP contribution in [0.25, 0.3) is 0 Å². The van der Waals surface area contributed by atoms with Gasteiger partial charge in [0.25, 0.3) is 0 Å². The van der Waals surface area contributed by atoms with Crippen molar-refractivity contribution in [3.8, 4) is 0 Å². The van der Waals surface area contributed by atoms with E-state index in [2.05, 4.69) is 6.58 Å². The first-order valence-electron chi connectivity index (χ1n) is 6.37. The molecule has 1 saturated heterocycles. The van der Waals surface area contributed by atoms with Crippen LogP contribution >= 0.6 is 21.6 Å². The van der Waals surface area contributed by atoms with Gasteiger partial charge in [0.1, 0.15) is 0 Å². The number of carbonyl (C=O) groups is 1. The second-order valence-electron chi connectivity index (χ2n) is 4.23. The summed E-state index contributed by atoms with van der Waals surface area (Å²) in [6.07, 6.45) is 8.96. The van der Waals surface area contributed by atoms with E-state index in [9.17, 15) is 4.79 Å². The summed E-state index contributed by atoms with van der Waals surface area (Å²) in [5.41, 5.74) is 0. The van der Waals surface area contributed by atoms with E-state index in [4.69, 9.17) is 4.74 Å². The average Bonchev–Trinajstić information content (AvgIpc) is 2.83. The Balaban J connectivity index is 1.87. The number of esters is 1. The number of allylic oxidation sites excluding steroid dienone is 1. The maximum Gasteiger partial charge on any atom is 0.305 e. The maximum atomic E-state index is 11.3. The van der Waals surface area contributed by atoms with E-state index >= 15 is 0 Å². The third-order valence-electron chi connectivity index (χ3n) is 2.70. The highest BCUT2D eigenvalue weighted by Gasteiger charge is 2.15. The number of hydrogen-bond acceptors (Lipinski definition) is 4.